The van der Waals surface area contributed by atoms with Crippen LogP contribution >= 0.6 is 0 Å². The number of hydrogen-bond acceptors (Lipinski definition) is 2. The highest BCUT2D eigenvalue weighted by Crippen LogP contribution is 2.42. The number of aromatic amines is 1. The molecule has 2 atom stereocenters. The van der Waals surface area contributed by atoms with E-state index in [2.05, 4.69) is 4.98 Å². The van der Waals surface area contributed by atoms with Gasteiger partial charge in [-0.05, 0) is 49.4 Å². The SMILES string of the molecule is O=C(c1cc[nH]c1C1CC1)N1C[C@H](O)C[C@@H]1c1cc(F)ccc1F. The first-order valence-electron chi connectivity index (χ1n) is 8.16. The van der Waals surface area contributed by atoms with E-state index >= 15 is 0 Å². The highest BCUT2D eigenvalue weighted by molar-refractivity contribution is 5.96. The first kappa shape index (κ1) is 15.3. The van der Waals surface area contributed by atoms with Gasteiger partial charge in [-0.15, -0.1) is 0 Å². The minimum Gasteiger partial charge on any atom is -0.391 e. The Morgan fingerprint density at radius 1 is 1.25 bits per heavy atom. The number of benzene rings is 1. The molecule has 4 nitrogen and oxygen atoms in total. The summed E-state index contributed by atoms with van der Waals surface area (Å²) < 4.78 is 27.7. The highest BCUT2D eigenvalue weighted by Gasteiger charge is 2.39. The van der Waals surface area contributed by atoms with Crippen LogP contribution < -0.4 is 0 Å². The van der Waals surface area contributed by atoms with Gasteiger partial charge in [0.15, 0.2) is 0 Å². The van der Waals surface area contributed by atoms with Crippen LogP contribution in [0.25, 0.3) is 0 Å². The van der Waals surface area contributed by atoms with Crippen molar-refractivity contribution in [3.8, 4) is 0 Å². The summed E-state index contributed by atoms with van der Waals surface area (Å²) in [6.45, 7) is 0.120. The molecule has 2 fully saturated rings. The molecular formula is C18H18F2N2O2. The molecule has 0 unspecified atom stereocenters. The third kappa shape index (κ3) is 2.60. The van der Waals surface area contributed by atoms with Crippen LogP contribution in [0.4, 0.5) is 8.78 Å². The maximum absolute atomic E-state index is 14.2. The van der Waals surface area contributed by atoms with Gasteiger partial charge in [0.05, 0.1) is 17.7 Å². The summed E-state index contributed by atoms with van der Waals surface area (Å²) in [5.74, 6) is -0.996. The monoisotopic (exact) mass is 332 g/mol. The molecule has 6 heteroatoms. The highest BCUT2D eigenvalue weighted by atomic mass is 19.1. The Labute approximate surface area is 138 Å². The first-order chi connectivity index (χ1) is 11.5. The number of likely N-dealkylation sites (tertiary alicyclic amines) is 1. The van der Waals surface area contributed by atoms with Crippen molar-refractivity contribution in [2.24, 2.45) is 0 Å². The molecule has 1 aromatic heterocycles. The van der Waals surface area contributed by atoms with E-state index in [1.165, 1.54) is 4.90 Å². The van der Waals surface area contributed by atoms with Crippen LogP contribution in [0.3, 0.4) is 0 Å². The number of amides is 1. The van der Waals surface area contributed by atoms with Crippen LogP contribution in [0.5, 0.6) is 0 Å². The van der Waals surface area contributed by atoms with E-state index in [0.717, 1.165) is 36.7 Å². The lowest BCUT2D eigenvalue weighted by Crippen LogP contribution is -2.32. The van der Waals surface area contributed by atoms with E-state index in [4.69, 9.17) is 0 Å². The second kappa shape index (κ2) is 5.70. The van der Waals surface area contributed by atoms with E-state index in [1.807, 2.05) is 0 Å². The lowest BCUT2D eigenvalue weighted by atomic mass is 10.0. The van der Waals surface area contributed by atoms with Crippen molar-refractivity contribution in [3.05, 3.63) is 58.9 Å². The van der Waals surface area contributed by atoms with E-state index in [1.54, 1.807) is 12.3 Å². The van der Waals surface area contributed by atoms with Crippen molar-refractivity contribution in [1.82, 2.24) is 9.88 Å². The first-order valence-corrected chi connectivity index (χ1v) is 8.16. The summed E-state index contributed by atoms with van der Waals surface area (Å²) in [5, 5.41) is 10.0. The number of aromatic nitrogens is 1. The average Bonchev–Trinajstić information content (AvgIpc) is 3.15. The number of carbonyl (C=O) groups excluding carboxylic acids is 1. The maximum atomic E-state index is 14.2. The zero-order valence-electron chi connectivity index (χ0n) is 13.0. The molecule has 2 aliphatic rings. The molecule has 1 aliphatic carbocycles. The standard InChI is InChI=1S/C18H18F2N2O2/c19-11-3-4-15(20)14(7-11)16-8-12(23)9-22(16)18(24)13-5-6-21-17(13)10-1-2-10/h3-7,10,12,16,21,23H,1-2,8-9H2/t12-,16-/m1/s1. The van der Waals surface area contributed by atoms with Crippen molar-refractivity contribution in [2.45, 2.75) is 37.3 Å². The molecule has 2 aromatic rings. The van der Waals surface area contributed by atoms with Gasteiger partial charge in [0, 0.05) is 24.0 Å². The summed E-state index contributed by atoms with van der Waals surface area (Å²) in [6, 6.07) is 4.28. The zero-order chi connectivity index (χ0) is 16.8. The molecule has 0 bridgehead atoms. The molecule has 1 aromatic carbocycles. The topological polar surface area (TPSA) is 56.3 Å². The van der Waals surface area contributed by atoms with Gasteiger partial charge in [0.2, 0.25) is 0 Å². The van der Waals surface area contributed by atoms with Crippen LogP contribution in [0.15, 0.2) is 30.5 Å². The molecule has 1 aliphatic heterocycles. The third-order valence-corrected chi connectivity index (χ3v) is 4.85. The Hall–Kier alpha value is -2.21. The fourth-order valence-electron chi connectivity index (χ4n) is 3.54. The average molecular weight is 332 g/mol. The van der Waals surface area contributed by atoms with E-state index in [9.17, 15) is 18.7 Å². The Balaban J connectivity index is 1.68. The quantitative estimate of drug-likeness (QED) is 0.907. The predicted molar refractivity (Wildman–Crippen MR) is 83.5 cm³/mol. The number of nitrogens with zero attached hydrogens (tertiary/aromatic N) is 1. The lowest BCUT2D eigenvalue weighted by molar-refractivity contribution is 0.0712. The molecule has 2 N–H and O–H groups in total. The minimum absolute atomic E-state index is 0.114. The summed E-state index contributed by atoms with van der Waals surface area (Å²) in [6.07, 6.45) is 3.28. The fraction of sp³-hybridized carbons (Fsp3) is 0.389. The second-order valence-corrected chi connectivity index (χ2v) is 6.61. The van der Waals surface area contributed by atoms with E-state index in [0.29, 0.717) is 11.5 Å². The van der Waals surface area contributed by atoms with Crippen LogP contribution in [-0.2, 0) is 0 Å². The van der Waals surface area contributed by atoms with Crippen molar-refractivity contribution in [1.29, 1.82) is 0 Å². The van der Waals surface area contributed by atoms with Crippen molar-refractivity contribution < 1.29 is 18.7 Å². The molecule has 24 heavy (non-hydrogen) atoms. The Morgan fingerprint density at radius 2 is 2.04 bits per heavy atom. The summed E-state index contributed by atoms with van der Waals surface area (Å²) in [7, 11) is 0. The molecule has 2 heterocycles. The molecule has 1 amide bonds. The third-order valence-electron chi connectivity index (χ3n) is 4.85. The van der Waals surface area contributed by atoms with Crippen LogP contribution in [0.2, 0.25) is 0 Å². The molecule has 1 saturated carbocycles. The summed E-state index contributed by atoms with van der Waals surface area (Å²) in [5.41, 5.74) is 1.58. The van der Waals surface area contributed by atoms with Gasteiger partial charge < -0.3 is 15.0 Å². The van der Waals surface area contributed by atoms with Gasteiger partial charge in [0.1, 0.15) is 11.6 Å². The van der Waals surface area contributed by atoms with Gasteiger partial charge in [-0.2, -0.15) is 0 Å². The molecule has 1 saturated heterocycles. The maximum Gasteiger partial charge on any atom is 0.256 e. The lowest BCUT2D eigenvalue weighted by Gasteiger charge is -2.25. The van der Waals surface area contributed by atoms with Gasteiger partial charge in [-0.3, -0.25) is 4.79 Å². The van der Waals surface area contributed by atoms with Crippen molar-refractivity contribution in [3.63, 3.8) is 0 Å². The van der Waals surface area contributed by atoms with Gasteiger partial charge in [-0.1, -0.05) is 0 Å². The molecule has 0 spiro atoms. The number of nitrogens with one attached hydrogen (secondary N) is 1. The largest absolute Gasteiger partial charge is 0.391 e. The Bertz CT molecular complexity index is 785. The number of rotatable bonds is 3. The van der Waals surface area contributed by atoms with Crippen LogP contribution in [0, 0.1) is 11.6 Å². The summed E-state index contributed by atoms with van der Waals surface area (Å²) >= 11 is 0. The van der Waals surface area contributed by atoms with Crippen LogP contribution in [-0.4, -0.2) is 33.5 Å². The zero-order valence-corrected chi connectivity index (χ0v) is 13.0. The fourth-order valence-corrected chi connectivity index (χ4v) is 3.54. The molecule has 126 valence electrons. The predicted octanol–water partition coefficient (Wildman–Crippen LogP) is 3.12. The molecule has 0 radical (unpaired) electrons. The van der Waals surface area contributed by atoms with E-state index < -0.39 is 23.8 Å². The van der Waals surface area contributed by atoms with Gasteiger partial charge in [-0.25, -0.2) is 8.78 Å². The number of H-pyrrole nitrogens is 1. The summed E-state index contributed by atoms with van der Waals surface area (Å²) in [4.78, 5) is 17.5. The minimum atomic E-state index is -0.745. The number of aliphatic hydroxyl groups is 1. The second-order valence-electron chi connectivity index (χ2n) is 6.61. The van der Waals surface area contributed by atoms with Crippen molar-refractivity contribution >= 4 is 5.91 Å². The number of carbonyl (C=O) groups is 1. The Morgan fingerprint density at radius 3 is 2.79 bits per heavy atom. The number of halogens is 2. The van der Waals surface area contributed by atoms with E-state index in [-0.39, 0.29) is 24.4 Å². The smallest absolute Gasteiger partial charge is 0.256 e. The number of hydrogen-bond donors (Lipinski definition) is 2. The van der Waals surface area contributed by atoms with Crippen molar-refractivity contribution in [2.75, 3.05) is 6.54 Å². The van der Waals surface area contributed by atoms with Crippen LogP contribution in [0.1, 0.15) is 52.8 Å². The molecular weight excluding hydrogens is 314 g/mol. The van der Waals surface area contributed by atoms with Gasteiger partial charge >= 0.3 is 0 Å². The number of aliphatic hydroxyl groups excluding tert-OH is 1. The van der Waals surface area contributed by atoms with Gasteiger partial charge in [0.25, 0.3) is 5.91 Å². The normalized spacial score (nSPS) is 23.7. The Kier molecular flexibility index (Phi) is 3.64. The number of β-amino-alcohol motifs (C(OH)–C–C–N with tert-alkyl or cyclic N) is 1. The molecule has 4 rings (SSSR count).